The van der Waals surface area contributed by atoms with Crippen molar-refractivity contribution in [1.29, 1.82) is 0 Å². The Bertz CT molecular complexity index is 1320. The summed E-state index contributed by atoms with van der Waals surface area (Å²) >= 11 is 0. The molecule has 3 aromatic rings. The third-order valence-corrected chi connectivity index (χ3v) is 8.54. The Morgan fingerprint density at radius 2 is 2.00 bits per heavy atom. The van der Waals surface area contributed by atoms with Crippen molar-refractivity contribution in [3.05, 3.63) is 47.6 Å². The number of oxazole rings is 1. The van der Waals surface area contributed by atoms with E-state index in [4.69, 9.17) is 13.9 Å². The van der Waals surface area contributed by atoms with Crippen molar-refractivity contribution in [1.82, 2.24) is 9.97 Å². The quantitative estimate of drug-likeness (QED) is 0.345. The number of nitrogens with one attached hydrogen (secondary N) is 2. The smallest absolute Gasteiger partial charge is 0.340 e. The molecule has 1 spiro atoms. The molecule has 0 saturated carbocycles. The summed E-state index contributed by atoms with van der Waals surface area (Å²) in [7, 11) is 1.68. The Balaban J connectivity index is 1.39. The predicted molar refractivity (Wildman–Crippen MR) is 142 cm³/mol. The number of benzene rings is 1. The largest absolute Gasteiger partial charge is 0.478 e. The summed E-state index contributed by atoms with van der Waals surface area (Å²) in [5, 5.41) is 12.7. The number of nitrogens with zero attached hydrogens (tertiary/aromatic N) is 1. The molecule has 0 bridgehead atoms. The van der Waals surface area contributed by atoms with Gasteiger partial charge >= 0.3 is 5.97 Å². The van der Waals surface area contributed by atoms with Crippen molar-refractivity contribution in [3.8, 4) is 0 Å². The van der Waals surface area contributed by atoms with E-state index in [1.807, 2.05) is 13.0 Å². The Kier molecular flexibility index (Phi) is 7.09. The van der Waals surface area contributed by atoms with Crippen LogP contribution in [0.5, 0.6) is 0 Å². The molecule has 2 fully saturated rings. The number of aromatic nitrogens is 2. The number of hydrogen-bond acceptors (Lipinski definition) is 7. The monoisotopic (exact) mass is 523 g/mol. The normalized spacial score (nSPS) is 30.4. The fraction of sp³-hybridized carbons (Fsp3) is 0.552. The van der Waals surface area contributed by atoms with E-state index in [0.717, 1.165) is 19.3 Å². The number of rotatable bonds is 7. The van der Waals surface area contributed by atoms with Crippen molar-refractivity contribution in [3.63, 3.8) is 0 Å². The van der Waals surface area contributed by atoms with E-state index >= 15 is 0 Å². The molecule has 2 aliphatic heterocycles. The molecule has 2 aromatic heterocycles. The van der Waals surface area contributed by atoms with E-state index in [1.165, 1.54) is 0 Å². The zero-order valence-corrected chi connectivity index (χ0v) is 22.6. The molecule has 4 heterocycles. The first-order valence-electron chi connectivity index (χ1n) is 13.5. The Morgan fingerprint density at radius 1 is 1.21 bits per heavy atom. The number of carboxylic acid groups (broad SMARTS) is 1. The van der Waals surface area contributed by atoms with Gasteiger partial charge in [0.1, 0.15) is 11.1 Å². The molecule has 2 aliphatic rings. The third kappa shape index (κ3) is 4.62. The lowest BCUT2D eigenvalue weighted by atomic mass is 9.75. The highest BCUT2D eigenvalue weighted by Gasteiger charge is 2.52. The van der Waals surface area contributed by atoms with Gasteiger partial charge in [-0.25, -0.2) is 9.78 Å². The van der Waals surface area contributed by atoms with Gasteiger partial charge in [0.25, 0.3) is 0 Å². The molecule has 5 rings (SSSR count). The van der Waals surface area contributed by atoms with Gasteiger partial charge in [0.15, 0.2) is 23.0 Å². The second-order valence-electron chi connectivity index (χ2n) is 11.1. The van der Waals surface area contributed by atoms with Crippen molar-refractivity contribution in [2.24, 2.45) is 23.7 Å². The summed E-state index contributed by atoms with van der Waals surface area (Å²) in [4.78, 5) is 32.7. The Hall–Kier alpha value is -3.17. The first-order valence-corrected chi connectivity index (χ1v) is 13.5. The number of hydrogen-bond donors (Lipinski definition) is 3. The molecule has 7 atom stereocenters. The molecule has 0 amide bonds. The van der Waals surface area contributed by atoms with Crippen LogP contribution in [0.4, 0.5) is 5.69 Å². The second kappa shape index (κ2) is 10.2. The minimum absolute atomic E-state index is 0.0407. The lowest BCUT2D eigenvalue weighted by Gasteiger charge is -2.53. The molecule has 204 valence electrons. The number of carbonyl (C=O) groups is 2. The number of carboxylic acids is 1. The van der Waals surface area contributed by atoms with Gasteiger partial charge in [0, 0.05) is 31.5 Å². The number of aromatic amines is 1. The molecular formula is C29H37N3O6. The van der Waals surface area contributed by atoms with Crippen molar-refractivity contribution < 1.29 is 28.6 Å². The van der Waals surface area contributed by atoms with Crippen LogP contribution in [0.1, 0.15) is 73.7 Å². The minimum atomic E-state index is -1.06. The molecule has 3 N–H and O–H groups in total. The highest BCUT2D eigenvalue weighted by Crippen LogP contribution is 2.48. The maximum absolute atomic E-state index is 13.1. The number of aromatic carboxylic acids is 1. The number of ether oxygens (including phenoxy) is 2. The molecule has 0 radical (unpaired) electrons. The molecular weight excluding hydrogens is 486 g/mol. The number of Topliss-reactive ketones (excluding diaryl/α,β-unsaturated/α-hetero) is 1. The van der Waals surface area contributed by atoms with E-state index in [0.29, 0.717) is 34.8 Å². The van der Waals surface area contributed by atoms with Crippen molar-refractivity contribution in [2.75, 3.05) is 12.4 Å². The maximum atomic E-state index is 13.1. The zero-order chi connectivity index (χ0) is 27.2. The van der Waals surface area contributed by atoms with Gasteiger partial charge < -0.3 is 29.3 Å². The molecule has 0 aliphatic carbocycles. The first-order chi connectivity index (χ1) is 18.1. The lowest BCUT2D eigenvalue weighted by Crippen LogP contribution is -2.58. The van der Waals surface area contributed by atoms with Gasteiger partial charge in [-0.15, -0.1) is 0 Å². The van der Waals surface area contributed by atoms with Gasteiger partial charge in [0.2, 0.25) is 0 Å². The summed E-state index contributed by atoms with van der Waals surface area (Å²) in [6, 6.07) is 7.05. The van der Waals surface area contributed by atoms with Crippen molar-refractivity contribution >= 4 is 28.5 Å². The van der Waals surface area contributed by atoms with Crippen molar-refractivity contribution in [2.45, 2.75) is 71.4 Å². The summed E-state index contributed by atoms with van der Waals surface area (Å²) in [6.45, 7) is 8.39. The van der Waals surface area contributed by atoms with Gasteiger partial charge in [-0.05, 0) is 48.9 Å². The molecule has 0 unspecified atom stereocenters. The summed E-state index contributed by atoms with van der Waals surface area (Å²) in [5.41, 5.74) is 1.93. The van der Waals surface area contributed by atoms with Crippen LogP contribution in [0, 0.1) is 23.7 Å². The van der Waals surface area contributed by atoms with E-state index in [2.05, 4.69) is 36.1 Å². The van der Waals surface area contributed by atoms with Crippen LogP contribution >= 0.6 is 0 Å². The second-order valence-corrected chi connectivity index (χ2v) is 11.1. The fourth-order valence-electron chi connectivity index (χ4n) is 6.27. The van der Waals surface area contributed by atoms with Crippen LogP contribution in [-0.2, 0) is 15.9 Å². The van der Waals surface area contributed by atoms with Gasteiger partial charge in [-0.2, -0.15) is 0 Å². The molecule has 38 heavy (non-hydrogen) atoms. The third-order valence-electron chi connectivity index (χ3n) is 8.54. The number of fused-ring (bicyclic) bond motifs is 1. The predicted octanol–water partition coefficient (Wildman–Crippen LogP) is 5.53. The first kappa shape index (κ1) is 26.4. The highest BCUT2D eigenvalue weighted by atomic mass is 16.7. The maximum Gasteiger partial charge on any atom is 0.340 e. The van der Waals surface area contributed by atoms with Gasteiger partial charge in [-0.3, -0.25) is 4.79 Å². The van der Waals surface area contributed by atoms with E-state index < -0.39 is 11.8 Å². The fourth-order valence-corrected chi connectivity index (χ4v) is 6.27. The molecule has 9 heteroatoms. The average Bonchev–Trinajstić information content (AvgIpc) is 3.57. The summed E-state index contributed by atoms with van der Waals surface area (Å²) < 4.78 is 19.6. The van der Waals surface area contributed by atoms with Crippen LogP contribution in [0.15, 0.2) is 34.9 Å². The van der Waals surface area contributed by atoms with Crippen LogP contribution in [0.25, 0.3) is 11.1 Å². The average molecular weight is 524 g/mol. The number of H-pyrrole nitrogens is 1. The van der Waals surface area contributed by atoms with Crippen LogP contribution in [0.3, 0.4) is 0 Å². The molecule has 2 saturated heterocycles. The van der Waals surface area contributed by atoms with Gasteiger partial charge in [0.05, 0.1) is 30.0 Å². The number of carbonyl (C=O) groups excluding carboxylic acids is 1. The van der Waals surface area contributed by atoms with E-state index in [-0.39, 0.29) is 47.2 Å². The lowest BCUT2D eigenvalue weighted by molar-refractivity contribution is -0.355. The number of ketones is 1. The minimum Gasteiger partial charge on any atom is -0.478 e. The Morgan fingerprint density at radius 3 is 2.68 bits per heavy atom. The highest BCUT2D eigenvalue weighted by molar-refractivity contribution is 6.06. The van der Waals surface area contributed by atoms with E-state index in [1.54, 1.807) is 31.4 Å². The topological polar surface area (TPSA) is 127 Å². The summed E-state index contributed by atoms with van der Waals surface area (Å²) in [5.74, 6) is -1.11. The van der Waals surface area contributed by atoms with E-state index in [9.17, 15) is 14.7 Å². The molecule has 9 nitrogen and oxygen atoms in total. The zero-order valence-electron chi connectivity index (χ0n) is 22.6. The number of anilines is 1. The van der Waals surface area contributed by atoms with Crippen LogP contribution < -0.4 is 5.32 Å². The SMILES string of the molecule is CNc1ccc2oc(C[C@@H]3O[C@@]4(CC[C@H]3C)O[C@@H]([C@@H](C)C(=O)c3ccc[nH]3)[C@@H](C)C[C@H]4C)nc2c1C(=O)O. The summed E-state index contributed by atoms with van der Waals surface area (Å²) in [6.07, 6.45) is 4.22. The van der Waals surface area contributed by atoms with Crippen LogP contribution in [-0.4, -0.2) is 51.9 Å². The standard InChI is InChI=1S/C29H37N3O6/c1-15-10-11-29(17(3)13-16(2)27(38-29)18(4)26(33)20-7-6-12-31-20)37-22(15)14-23-32-25-21(36-23)9-8-19(30-5)24(25)28(34)35/h6-9,12,15-18,22,27,30-31H,10-11,13-14H2,1-5H3,(H,34,35)/t15-,16+,17-,18+,22+,27-,29+/m1/s1. The Labute approximate surface area is 222 Å². The van der Waals surface area contributed by atoms with Crippen LogP contribution in [0.2, 0.25) is 0 Å². The molecule has 1 aromatic carbocycles. The van der Waals surface area contributed by atoms with Gasteiger partial charge in [-0.1, -0.05) is 27.7 Å².